The molecular formula is C21H25NOS. The Hall–Kier alpha value is -1.35. The van der Waals surface area contributed by atoms with Crippen LogP contribution in [0.15, 0.2) is 30.3 Å². The van der Waals surface area contributed by atoms with Crippen LogP contribution in [0, 0.1) is 22.2 Å². The van der Waals surface area contributed by atoms with Crippen LogP contribution in [0.5, 0.6) is 0 Å². The third kappa shape index (κ3) is 2.17. The van der Waals surface area contributed by atoms with Gasteiger partial charge in [0.2, 0.25) is 5.91 Å². The van der Waals surface area contributed by atoms with Crippen LogP contribution < -0.4 is 5.32 Å². The van der Waals surface area contributed by atoms with E-state index in [1.54, 1.807) is 11.3 Å². The van der Waals surface area contributed by atoms with Crippen LogP contribution in [0.25, 0.3) is 10.1 Å². The van der Waals surface area contributed by atoms with Gasteiger partial charge in [-0.05, 0) is 72.8 Å². The van der Waals surface area contributed by atoms with Crippen molar-refractivity contribution >= 4 is 32.3 Å². The lowest BCUT2D eigenvalue weighted by atomic mass is 9.40. The van der Waals surface area contributed by atoms with E-state index in [-0.39, 0.29) is 11.3 Å². The SMILES string of the molecule is CC12CC3CC(C)(C1)CC(C(=O)Nc1cc4ccccc4s1)(C3)C2. The fourth-order valence-electron chi connectivity index (χ4n) is 6.99. The molecule has 2 unspecified atom stereocenters. The second kappa shape index (κ2) is 4.63. The van der Waals surface area contributed by atoms with Gasteiger partial charge in [0.1, 0.15) is 0 Å². The molecule has 6 rings (SSSR count). The van der Waals surface area contributed by atoms with E-state index in [9.17, 15) is 4.79 Å². The summed E-state index contributed by atoms with van der Waals surface area (Å²) in [6.07, 6.45) is 7.26. The average molecular weight is 340 g/mol. The van der Waals surface area contributed by atoms with Gasteiger partial charge in [0, 0.05) is 4.70 Å². The van der Waals surface area contributed by atoms with E-state index in [2.05, 4.69) is 49.5 Å². The van der Waals surface area contributed by atoms with Crippen LogP contribution in [-0.2, 0) is 4.79 Å². The predicted molar refractivity (Wildman–Crippen MR) is 100 cm³/mol. The van der Waals surface area contributed by atoms with E-state index in [0.717, 1.165) is 30.2 Å². The molecule has 1 amide bonds. The molecule has 1 aromatic heterocycles. The fraction of sp³-hybridized carbons (Fsp3) is 0.571. The van der Waals surface area contributed by atoms with Crippen molar-refractivity contribution in [3.63, 3.8) is 0 Å². The molecule has 0 aliphatic heterocycles. The van der Waals surface area contributed by atoms with Crippen molar-refractivity contribution in [2.24, 2.45) is 22.2 Å². The van der Waals surface area contributed by atoms with E-state index in [1.165, 1.54) is 29.3 Å². The summed E-state index contributed by atoms with van der Waals surface area (Å²) in [5, 5.41) is 5.53. The molecule has 1 N–H and O–H groups in total. The topological polar surface area (TPSA) is 29.1 Å². The molecule has 1 heterocycles. The van der Waals surface area contributed by atoms with Crippen LogP contribution in [-0.4, -0.2) is 5.91 Å². The summed E-state index contributed by atoms with van der Waals surface area (Å²) >= 11 is 1.70. The molecule has 126 valence electrons. The molecule has 4 bridgehead atoms. The molecule has 4 aliphatic rings. The molecule has 0 saturated heterocycles. The van der Waals surface area contributed by atoms with E-state index in [1.807, 2.05) is 0 Å². The molecule has 0 spiro atoms. The van der Waals surface area contributed by atoms with Crippen LogP contribution in [0.3, 0.4) is 0 Å². The predicted octanol–water partition coefficient (Wildman–Crippen LogP) is 5.84. The first-order chi connectivity index (χ1) is 11.4. The van der Waals surface area contributed by atoms with Crippen LogP contribution in [0.1, 0.15) is 52.4 Å². The molecule has 1 aromatic carbocycles. The van der Waals surface area contributed by atoms with E-state index < -0.39 is 0 Å². The summed E-state index contributed by atoms with van der Waals surface area (Å²) < 4.78 is 1.25. The summed E-state index contributed by atoms with van der Waals surface area (Å²) in [4.78, 5) is 13.3. The van der Waals surface area contributed by atoms with Crippen molar-refractivity contribution in [3.05, 3.63) is 30.3 Å². The molecule has 0 radical (unpaired) electrons. The Balaban J connectivity index is 1.46. The molecule has 24 heavy (non-hydrogen) atoms. The fourth-order valence-corrected chi connectivity index (χ4v) is 7.95. The summed E-state index contributed by atoms with van der Waals surface area (Å²) in [6.45, 7) is 4.86. The first-order valence-electron chi connectivity index (χ1n) is 9.17. The molecule has 2 atom stereocenters. The number of amides is 1. The van der Waals surface area contributed by atoms with Crippen molar-refractivity contribution in [2.75, 3.05) is 5.32 Å². The maximum Gasteiger partial charge on any atom is 0.231 e. The maximum absolute atomic E-state index is 13.3. The Morgan fingerprint density at radius 3 is 2.46 bits per heavy atom. The Bertz CT molecular complexity index is 786. The number of rotatable bonds is 2. The van der Waals surface area contributed by atoms with Gasteiger partial charge in [0.25, 0.3) is 0 Å². The largest absolute Gasteiger partial charge is 0.317 e. The Kier molecular flexibility index (Phi) is 2.88. The molecule has 4 saturated carbocycles. The highest BCUT2D eigenvalue weighted by molar-refractivity contribution is 7.22. The van der Waals surface area contributed by atoms with Gasteiger partial charge in [-0.25, -0.2) is 0 Å². The van der Waals surface area contributed by atoms with Gasteiger partial charge < -0.3 is 5.32 Å². The lowest BCUT2D eigenvalue weighted by molar-refractivity contribution is -0.165. The van der Waals surface area contributed by atoms with Crippen LogP contribution >= 0.6 is 11.3 Å². The highest BCUT2D eigenvalue weighted by Crippen LogP contribution is 2.69. The lowest BCUT2D eigenvalue weighted by Gasteiger charge is -2.64. The first-order valence-corrected chi connectivity index (χ1v) is 9.99. The Morgan fingerprint density at radius 1 is 1.08 bits per heavy atom. The van der Waals surface area contributed by atoms with Gasteiger partial charge in [-0.15, -0.1) is 11.3 Å². The average Bonchev–Trinajstić information content (AvgIpc) is 2.85. The molecule has 3 heteroatoms. The highest BCUT2D eigenvalue weighted by atomic mass is 32.1. The van der Waals surface area contributed by atoms with E-state index in [0.29, 0.717) is 10.8 Å². The monoisotopic (exact) mass is 339 g/mol. The standard InChI is InChI=1S/C21H25NOS/c1-19-8-14-9-20(2,11-19)13-21(10-14,12-19)18(23)22-17-7-15-5-3-4-6-16(15)24-17/h3-7,14H,8-13H2,1-2H3,(H,22,23). The van der Waals surface area contributed by atoms with E-state index >= 15 is 0 Å². The summed E-state index contributed by atoms with van der Waals surface area (Å²) in [7, 11) is 0. The van der Waals surface area contributed by atoms with Gasteiger partial charge in [0.05, 0.1) is 10.4 Å². The number of hydrogen-bond donors (Lipinski definition) is 1. The summed E-state index contributed by atoms with van der Waals surface area (Å²) in [5.74, 6) is 1.04. The van der Waals surface area contributed by atoms with Crippen molar-refractivity contribution < 1.29 is 4.79 Å². The second-order valence-corrected chi connectivity index (χ2v) is 10.6. The Labute approximate surface area is 147 Å². The maximum atomic E-state index is 13.3. The van der Waals surface area contributed by atoms with E-state index in [4.69, 9.17) is 0 Å². The Morgan fingerprint density at radius 2 is 1.79 bits per heavy atom. The number of carbonyl (C=O) groups excluding carboxylic acids is 1. The molecular weight excluding hydrogens is 314 g/mol. The van der Waals surface area contributed by atoms with Crippen molar-refractivity contribution in [2.45, 2.75) is 52.4 Å². The van der Waals surface area contributed by atoms with Crippen LogP contribution in [0.2, 0.25) is 0 Å². The van der Waals surface area contributed by atoms with Gasteiger partial charge in [-0.2, -0.15) is 0 Å². The van der Waals surface area contributed by atoms with Crippen molar-refractivity contribution in [3.8, 4) is 0 Å². The van der Waals surface area contributed by atoms with Gasteiger partial charge >= 0.3 is 0 Å². The minimum absolute atomic E-state index is 0.126. The third-order valence-electron chi connectivity index (χ3n) is 6.77. The zero-order chi connectivity index (χ0) is 16.6. The number of anilines is 1. The first kappa shape index (κ1) is 14.9. The number of fused-ring (bicyclic) bond motifs is 1. The van der Waals surface area contributed by atoms with Gasteiger partial charge in [0.15, 0.2) is 0 Å². The molecule has 2 nitrogen and oxygen atoms in total. The zero-order valence-corrected chi connectivity index (χ0v) is 15.3. The summed E-state index contributed by atoms with van der Waals surface area (Å²) in [6, 6.07) is 10.5. The zero-order valence-electron chi connectivity index (χ0n) is 14.5. The lowest BCUT2D eigenvalue weighted by Crippen LogP contribution is -2.58. The second-order valence-electron chi connectivity index (χ2n) is 9.51. The molecule has 4 aliphatic carbocycles. The van der Waals surface area contributed by atoms with Crippen molar-refractivity contribution in [1.82, 2.24) is 0 Å². The highest BCUT2D eigenvalue weighted by Gasteiger charge is 2.62. The van der Waals surface area contributed by atoms with Crippen molar-refractivity contribution in [1.29, 1.82) is 0 Å². The molecule has 2 aromatic rings. The van der Waals surface area contributed by atoms with Crippen LogP contribution in [0.4, 0.5) is 5.00 Å². The van der Waals surface area contributed by atoms with Gasteiger partial charge in [-0.1, -0.05) is 32.0 Å². The quantitative estimate of drug-likeness (QED) is 0.732. The van der Waals surface area contributed by atoms with Gasteiger partial charge in [-0.3, -0.25) is 4.79 Å². The number of hydrogen-bond acceptors (Lipinski definition) is 2. The number of benzene rings is 1. The molecule has 4 fully saturated rings. The minimum atomic E-state index is -0.126. The number of carbonyl (C=O) groups is 1. The third-order valence-corrected chi connectivity index (χ3v) is 7.80. The minimum Gasteiger partial charge on any atom is -0.317 e. The number of thiophene rings is 1. The normalized spacial score (nSPS) is 40.2. The summed E-state index contributed by atoms with van der Waals surface area (Å²) in [5.41, 5.74) is 0.635. The smallest absolute Gasteiger partial charge is 0.231 e. The number of nitrogens with one attached hydrogen (secondary N) is 1.